The maximum absolute atomic E-state index is 14.7. The fourth-order valence-electron chi connectivity index (χ4n) is 4.86. The third-order valence-electron chi connectivity index (χ3n) is 6.73. The molecule has 2 aliphatic carbocycles. The molecule has 0 saturated heterocycles. The van der Waals surface area contributed by atoms with Crippen molar-refractivity contribution in [1.82, 2.24) is 9.29 Å². The summed E-state index contributed by atoms with van der Waals surface area (Å²) < 4.78 is 55.7. The maximum atomic E-state index is 14.7. The van der Waals surface area contributed by atoms with Crippen LogP contribution in [0.4, 0.5) is 8.78 Å². The summed E-state index contributed by atoms with van der Waals surface area (Å²) >= 11 is 0. The monoisotopic (exact) mass is 510 g/mol. The zero-order valence-electron chi connectivity index (χ0n) is 19.7. The highest BCUT2D eigenvalue weighted by atomic mass is 32.2. The summed E-state index contributed by atoms with van der Waals surface area (Å²) in [5.41, 5.74) is 2.20. The Morgan fingerprint density at radius 3 is 2.56 bits per heavy atom. The third-order valence-corrected chi connectivity index (χ3v) is 7.29. The molecule has 2 aliphatic rings. The number of Topliss-reactive ketones (excluding diaryl/α,β-unsaturated/α-hetero) is 1. The van der Waals surface area contributed by atoms with E-state index in [-0.39, 0.29) is 35.6 Å². The average molecular weight is 511 g/mol. The number of carbonyl (C=O) groups excluding carboxylic acids is 2. The Hall–Kier alpha value is -3.59. The fourth-order valence-corrected chi connectivity index (χ4v) is 5.30. The highest BCUT2D eigenvalue weighted by Gasteiger charge is 2.35. The molecule has 36 heavy (non-hydrogen) atoms. The summed E-state index contributed by atoms with van der Waals surface area (Å²) in [6.45, 7) is 1.97. The quantitative estimate of drug-likeness (QED) is 0.521. The molecular weight excluding hydrogens is 486 g/mol. The van der Waals surface area contributed by atoms with Gasteiger partial charge < -0.3 is 4.57 Å². The van der Waals surface area contributed by atoms with Crippen molar-refractivity contribution in [2.24, 2.45) is 5.92 Å². The molecule has 9 heteroatoms. The molecule has 1 fully saturated rings. The first-order chi connectivity index (χ1) is 17.0. The van der Waals surface area contributed by atoms with Gasteiger partial charge in [0.1, 0.15) is 17.3 Å². The van der Waals surface area contributed by atoms with Crippen LogP contribution in [-0.4, -0.2) is 30.9 Å². The van der Waals surface area contributed by atoms with Gasteiger partial charge in [-0.15, -0.1) is 0 Å². The molecule has 5 rings (SSSR count). The number of benzene rings is 2. The van der Waals surface area contributed by atoms with E-state index in [0.717, 1.165) is 30.4 Å². The lowest BCUT2D eigenvalue weighted by Crippen LogP contribution is -2.32. The van der Waals surface area contributed by atoms with Gasteiger partial charge in [-0.25, -0.2) is 21.9 Å². The number of rotatable bonds is 6. The van der Waals surface area contributed by atoms with Crippen molar-refractivity contribution in [2.45, 2.75) is 32.2 Å². The lowest BCUT2D eigenvalue weighted by atomic mass is 9.92. The smallest absolute Gasteiger partial charge is 0.282 e. The minimum atomic E-state index is -3.95. The molecule has 1 amide bonds. The molecule has 1 heterocycles. The van der Waals surface area contributed by atoms with Gasteiger partial charge in [-0.2, -0.15) is 0 Å². The minimum Gasteiger partial charge on any atom is -0.331 e. The summed E-state index contributed by atoms with van der Waals surface area (Å²) in [6.07, 6.45) is 7.04. The van der Waals surface area contributed by atoms with E-state index in [1.165, 1.54) is 10.6 Å². The second-order valence-electron chi connectivity index (χ2n) is 9.48. The zero-order valence-corrected chi connectivity index (χ0v) is 20.5. The van der Waals surface area contributed by atoms with E-state index in [0.29, 0.717) is 28.3 Å². The van der Waals surface area contributed by atoms with Gasteiger partial charge in [0.25, 0.3) is 5.91 Å². The molecule has 2 atom stereocenters. The minimum absolute atomic E-state index is 0.0740. The van der Waals surface area contributed by atoms with Crippen LogP contribution in [0.25, 0.3) is 16.5 Å². The summed E-state index contributed by atoms with van der Waals surface area (Å²) in [4.78, 5) is 26.4. The molecule has 3 aromatic rings. The largest absolute Gasteiger partial charge is 0.331 e. The Balaban J connectivity index is 1.81. The van der Waals surface area contributed by atoms with E-state index < -0.39 is 27.6 Å². The van der Waals surface area contributed by atoms with Crippen LogP contribution in [0.1, 0.15) is 52.9 Å². The second kappa shape index (κ2) is 8.81. The van der Waals surface area contributed by atoms with Crippen molar-refractivity contribution in [2.75, 3.05) is 6.26 Å². The normalized spacial score (nSPS) is 19.4. The second-order valence-corrected chi connectivity index (χ2v) is 11.2. The molecule has 0 spiro atoms. The van der Waals surface area contributed by atoms with E-state index in [4.69, 9.17) is 0 Å². The molecule has 6 nitrogen and oxygen atoms in total. The highest BCUT2D eigenvalue weighted by Crippen LogP contribution is 2.48. The van der Waals surface area contributed by atoms with Gasteiger partial charge >= 0.3 is 0 Å². The van der Waals surface area contributed by atoms with Crippen molar-refractivity contribution in [3.8, 4) is 0 Å². The number of carbonyl (C=O) groups is 2. The van der Waals surface area contributed by atoms with Gasteiger partial charge in [0, 0.05) is 40.1 Å². The number of amides is 1. The third kappa shape index (κ3) is 4.51. The van der Waals surface area contributed by atoms with Crippen LogP contribution in [-0.2, 0) is 21.4 Å². The lowest BCUT2D eigenvalue weighted by Gasteiger charge is -2.14. The number of nitrogens with one attached hydrogen (secondary N) is 1. The number of allylic oxidation sites excluding steroid dienone is 4. The van der Waals surface area contributed by atoms with E-state index in [9.17, 15) is 26.8 Å². The summed E-state index contributed by atoms with van der Waals surface area (Å²) in [5.74, 6) is -1.83. The van der Waals surface area contributed by atoms with Crippen LogP contribution in [0.2, 0.25) is 0 Å². The number of sulfonamides is 1. The maximum Gasteiger partial charge on any atom is 0.282 e. The lowest BCUT2D eigenvalue weighted by molar-refractivity contribution is -0.113. The van der Waals surface area contributed by atoms with Gasteiger partial charge in [-0.05, 0) is 42.0 Å². The number of hydrogen-bond donors (Lipinski definition) is 1. The fraction of sp³-hybridized carbons (Fsp3) is 0.259. The van der Waals surface area contributed by atoms with Crippen LogP contribution in [0.3, 0.4) is 0 Å². The Morgan fingerprint density at radius 2 is 1.92 bits per heavy atom. The first-order valence-corrected chi connectivity index (χ1v) is 13.4. The van der Waals surface area contributed by atoms with Gasteiger partial charge in [-0.3, -0.25) is 9.59 Å². The van der Waals surface area contributed by atoms with Crippen LogP contribution in [0.15, 0.2) is 54.6 Å². The molecule has 0 aliphatic heterocycles. The van der Waals surface area contributed by atoms with Crippen molar-refractivity contribution < 1.29 is 26.8 Å². The van der Waals surface area contributed by atoms with E-state index >= 15 is 0 Å². The van der Waals surface area contributed by atoms with Crippen molar-refractivity contribution >= 4 is 38.2 Å². The topological polar surface area (TPSA) is 85.2 Å². The first kappa shape index (κ1) is 24.1. The number of halogens is 2. The number of hydrogen-bond acceptors (Lipinski definition) is 4. The summed E-state index contributed by atoms with van der Waals surface area (Å²) in [7, 11) is -3.95. The molecule has 0 unspecified atom stereocenters. The summed E-state index contributed by atoms with van der Waals surface area (Å²) in [5, 5.41) is 0.600. The molecule has 0 bridgehead atoms. The Bertz CT molecular complexity index is 1600. The zero-order chi connectivity index (χ0) is 25.8. The number of nitrogens with zero attached hydrogens (tertiary/aromatic N) is 1. The number of aromatic nitrogens is 1. The van der Waals surface area contributed by atoms with Crippen LogP contribution in [0.5, 0.6) is 0 Å². The van der Waals surface area contributed by atoms with Crippen LogP contribution >= 0.6 is 0 Å². The van der Waals surface area contributed by atoms with E-state index in [1.54, 1.807) is 18.2 Å². The Morgan fingerprint density at radius 1 is 1.17 bits per heavy atom. The number of ketones is 1. The highest BCUT2D eigenvalue weighted by molar-refractivity contribution is 7.89. The van der Waals surface area contributed by atoms with Gasteiger partial charge in [-0.1, -0.05) is 37.3 Å². The number of fused-ring (bicyclic) bond motifs is 1. The molecule has 0 radical (unpaired) electrons. The molecule has 1 saturated carbocycles. The van der Waals surface area contributed by atoms with Gasteiger partial charge in [0.15, 0.2) is 5.78 Å². The van der Waals surface area contributed by atoms with Gasteiger partial charge in [0.05, 0.1) is 12.8 Å². The van der Waals surface area contributed by atoms with Crippen molar-refractivity contribution in [3.63, 3.8) is 0 Å². The molecule has 1 aromatic heterocycles. The van der Waals surface area contributed by atoms with Crippen LogP contribution < -0.4 is 4.72 Å². The predicted molar refractivity (Wildman–Crippen MR) is 133 cm³/mol. The molecular formula is C27H24F2N2O4S. The summed E-state index contributed by atoms with van der Waals surface area (Å²) in [6, 6.07) is 8.83. The molecule has 2 aromatic carbocycles. The van der Waals surface area contributed by atoms with Crippen molar-refractivity contribution in [3.05, 3.63) is 88.6 Å². The SMILES string of the molecule is C[C@@H]1C[C@@H]1c1ccc2c(c1)c(C1=CC=CCC1=O)c(C(=O)NS(C)(=O)=O)n2Cc1ccc(F)cc1F. The average Bonchev–Trinajstić information content (AvgIpc) is 3.44. The van der Waals surface area contributed by atoms with Crippen molar-refractivity contribution in [1.29, 1.82) is 0 Å². The predicted octanol–water partition coefficient (Wildman–Crippen LogP) is 4.69. The Labute approximate surface area is 207 Å². The molecule has 1 N–H and O–H groups in total. The van der Waals surface area contributed by atoms with Gasteiger partial charge in [0.2, 0.25) is 10.0 Å². The van der Waals surface area contributed by atoms with E-state index in [2.05, 4.69) is 6.92 Å². The standard InChI is InChI=1S/C27H24F2N2O4S/c1-15-11-20(15)16-8-10-23-21(12-16)25(19-5-3-4-6-24(19)32)26(27(33)30-36(2,34)35)31(23)14-17-7-9-18(28)13-22(17)29/h3-5,7-10,12-13,15,20H,6,11,14H2,1-2H3,(H,30,33)/t15-,20+/m1/s1. The first-order valence-electron chi connectivity index (χ1n) is 11.6. The van der Waals surface area contributed by atoms with Crippen LogP contribution in [0, 0.1) is 17.6 Å². The van der Waals surface area contributed by atoms with E-state index in [1.807, 2.05) is 22.9 Å². The Kier molecular flexibility index (Phi) is 5.90. The molecule has 186 valence electrons.